The van der Waals surface area contributed by atoms with Gasteiger partial charge >= 0.3 is 0 Å². The first-order valence-corrected chi connectivity index (χ1v) is 9.43. The highest BCUT2D eigenvalue weighted by molar-refractivity contribution is 5.94. The average Bonchev–Trinajstić information content (AvgIpc) is 3.32. The molecular formula is C20H23N5O. The molecule has 1 aromatic carbocycles. The summed E-state index contributed by atoms with van der Waals surface area (Å²) in [4.78, 5) is 18.3. The maximum Gasteiger partial charge on any atom is 0.274 e. The molecule has 0 bridgehead atoms. The van der Waals surface area contributed by atoms with Crippen LogP contribution in [0.15, 0.2) is 30.5 Å². The molecule has 0 radical (unpaired) electrons. The lowest BCUT2D eigenvalue weighted by atomic mass is 9.89. The number of likely N-dealkylation sites (tertiary alicyclic amines) is 1. The second-order valence-electron chi connectivity index (χ2n) is 7.31. The van der Waals surface area contributed by atoms with Crippen LogP contribution in [0.25, 0.3) is 10.9 Å². The van der Waals surface area contributed by atoms with E-state index in [4.69, 9.17) is 0 Å². The first-order chi connectivity index (χ1) is 12.8. The number of hydrogen-bond donors (Lipinski definition) is 3. The van der Waals surface area contributed by atoms with Gasteiger partial charge in [-0.1, -0.05) is 18.2 Å². The van der Waals surface area contributed by atoms with Crippen LogP contribution in [-0.4, -0.2) is 45.6 Å². The van der Waals surface area contributed by atoms with Gasteiger partial charge in [0.15, 0.2) is 5.69 Å². The van der Waals surface area contributed by atoms with Crippen molar-refractivity contribution in [2.45, 2.75) is 31.7 Å². The molecule has 6 heteroatoms. The van der Waals surface area contributed by atoms with E-state index in [0.717, 1.165) is 56.7 Å². The molecule has 0 unspecified atom stereocenters. The third-order valence-electron chi connectivity index (χ3n) is 5.85. The first-order valence-electron chi connectivity index (χ1n) is 9.43. The second-order valence-corrected chi connectivity index (χ2v) is 7.31. The van der Waals surface area contributed by atoms with Crippen molar-refractivity contribution >= 4 is 16.8 Å². The Bertz CT molecular complexity index is 948. The van der Waals surface area contributed by atoms with E-state index in [-0.39, 0.29) is 5.91 Å². The summed E-state index contributed by atoms with van der Waals surface area (Å²) in [6.07, 6.45) is 5.05. The summed E-state index contributed by atoms with van der Waals surface area (Å²) in [5.74, 6) is 0.577. The smallest absolute Gasteiger partial charge is 0.274 e. The molecule has 0 aliphatic carbocycles. The molecular weight excluding hydrogens is 326 g/mol. The Morgan fingerprint density at radius 2 is 2.04 bits per heavy atom. The summed E-state index contributed by atoms with van der Waals surface area (Å²) in [5.41, 5.74) is 5.35. The molecule has 134 valence electrons. The zero-order valence-electron chi connectivity index (χ0n) is 14.7. The van der Waals surface area contributed by atoms with Crippen LogP contribution in [0.1, 0.15) is 46.1 Å². The van der Waals surface area contributed by atoms with Crippen LogP contribution < -0.4 is 5.32 Å². The van der Waals surface area contributed by atoms with Gasteiger partial charge in [0.2, 0.25) is 0 Å². The monoisotopic (exact) mass is 349 g/mol. The van der Waals surface area contributed by atoms with Crippen molar-refractivity contribution in [3.05, 3.63) is 53.0 Å². The fourth-order valence-corrected chi connectivity index (χ4v) is 4.38. The van der Waals surface area contributed by atoms with Crippen molar-refractivity contribution in [1.82, 2.24) is 25.4 Å². The molecule has 0 atom stereocenters. The van der Waals surface area contributed by atoms with Crippen LogP contribution in [0.5, 0.6) is 0 Å². The number of aromatic nitrogens is 3. The van der Waals surface area contributed by atoms with Crippen LogP contribution in [0, 0.1) is 0 Å². The minimum Gasteiger partial charge on any atom is -0.361 e. The fraction of sp³-hybridized carbons (Fsp3) is 0.400. The Hall–Kier alpha value is -2.60. The highest BCUT2D eigenvalue weighted by Crippen LogP contribution is 2.33. The van der Waals surface area contributed by atoms with Crippen LogP contribution in [0.4, 0.5) is 0 Å². The van der Waals surface area contributed by atoms with E-state index in [1.165, 1.54) is 16.5 Å². The predicted molar refractivity (Wildman–Crippen MR) is 100 cm³/mol. The van der Waals surface area contributed by atoms with Crippen molar-refractivity contribution in [3.8, 4) is 0 Å². The molecule has 0 saturated carbocycles. The van der Waals surface area contributed by atoms with Gasteiger partial charge in [0.1, 0.15) is 0 Å². The molecule has 2 aliphatic rings. The van der Waals surface area contributed by atoms with Gasteiger partial charge < -0.3 is 15.2 Å². The van der Waals surface area contributed by atoms with E-state index < -0.39 is 0 Å². The number of rotatable bonds is 2. The highest BCUT2D eigenvalue weighted by Gasteiger charge is 2.29. The van der Waals surface area contributed by atoms with Gasteiger partial charge in [0, 0.05) is 61.0 Å². The van der Waals surface area contributed by atoms with E-state index >= 15 is 0 Å². The SMILES string of the molecule is O=C(c1n[nH]c2c1CNCC2)N1CCC(c2c[nH]c3ccccc23)CC1. The van der Waals surface area contributed by atoms with Gasteiger partial charge in [-0.25, -0.2) is 0 Å². The summed E-state index contributed by atoms with van der Waals surface area (Å²) in [7, 11) is 0. The molecule has 2 aromatic heterocycles. The zero-order chi connectivity index (χ0) is 17.5. The molecule has 2 aliphatic heterocycles. The van der Waals surface area contributed by atoms with Gasteiger partial charge in [0.25, 0.3) is 5.91 Å². The maximum absolute atomic E-state index is 12.9. The second kappa shape index (κ2) is 6.29. The molecule has 0 spiro atoms. The predicted octanol–water partition coefficient (Wildman–Crippen LogP) is 2.56. The van der Waals surface area contributed by atoms with E-state index in [9.17, 15) is 4.79 Å². The zero-order valence-corrected chi connectivity index (χ0v) is 14.7. The van der Waals surface area contributed by atoms with E-state index in [0.29, 0.717) is 11.6 Å². The summed E-state index contributed by atoms with van der Waals surface area (Å²) >= 11 is 0. The average molecular weight is 349 g/mol. The highest BCUT2D eigenvalue weighted by atomic mass is 16.2. The third kappa shape index (κ3) is 2.52. The minimum atomic E-state index is 0.0728. The van der Waals surface area contributed by atoms with Gasteiger partial charge in [0.05, 0.1) is 0 Å². The number of piperidine rings is 1. The number of hydrogen-bond acceptors (Lipinski definition) is 3. The Morgan fingerprint density at radius 1 is 1.19 bits per heavy atom. The number of carbonyl (C=O) groups is 1. The summed E-state index contributed by atoms with van der Waals surface area (Å²) in [5, 5.41) is 12.0. The lowest BCUT2D eigenvalue weighted by Crippen LogP contribution is -2.39. The van der Waals surface area contributed by atoms with Gasteiger partial charge in [-0.15, -0.1) is 0 Å². The number of nitrogens with zero attached hydrogens (tertiary/aromatic N) is 2. The number of aromatic amines is 2. The lowest BCUT2D eigenvalue weighted by molar-refractivity contribution is 0.0706. The van der Waals surface area contributed by atoms with Gasteiger partial charge in [-0.05, 0) is 30.4 Å². The fourth-order valence-electron chi connectivity index (χ4n) is 4.38. The first kappa shape index (κ1) is 15.6. The van der Waals surface area contributed by atoms with Crippen molar-refractivity contribution in [2.75, 3.05) is 19.6 Å². The largest absolute Gasteiger partial charge is 0.361 e. The van der Waals surface area contributed by atoms with Crippen LogP contribution in [-0.2, 0) is 13.0 Å². The van der Waals surface area contributed by atoms with Crippen molar-refractivity contribution < 1.29 is 4.79 Å². The van der Waals surface area contributed by atoms with Crippen molar-refractivity contribution in [2.24, 2.45) is 0 Å². The van der Waals surface area contributed by atoms with Gasteiger partial charge in [-0.3, -0.25) is 9.89 Å². The molecule has 4 heterocycles. The quantitative estimate of drug-likeness (QED) is 0.665. The number of carbonyl (C=O) groups excluding carboxylic acids is 1. The summed E-state index contributed by atoms with van der Waals surface area (Å²) < 4.78 is 0. The standard InChI is InChI=1S/C20H23N5O/c26-20(19-16-11-21-8-5-18(16)23-24-19)25-9-6-13(7-10-25)15-12-22-17-4-2-1-3-14(15)17/h1-4,12-13,21-22H,5-11H2,(H,23,24). The topological polar surface area (TPSA) is 76.8 Å². The number of fused-ring (bicyclic) bond motifs is 2. The Labute approximate surface area is 152 Å². The molecule has 1 amide bonds. The van der Waals surface area contributed by atoms with E-state index in [2.05, 4.69) is 51.0 Å². The van der Waals surface area contributed by atoms with Gasteiger partial charge in [-0.2, -0.15) is 5.10 Å². The third-order valence-corrected chi connectivity index (χ3v) is 5.85. The Kier molecular flexibility index (Phi) is 3.78. The number of nitrogens with one attached hydrogen (secondary N) is 3. The normalized spacial score (nSPS) is 18.2. The van der Waals surface area contributed by atoms with Crippen molar-refractivity contribution in [3.63, 3.8) is 0 Å². The minimum absolute atomic E-state index is 0.0728. The molecule has 6 nitrogen and oxygen atoms in total. The molecule has 3 N–H and O–H groups in total. The Morgan fingerprint density at radius 3 is 2.92 bits per heavy atom. The van der Waals surface area contributed by atoms with Crippen molar-refractivity contribution in [1.29, 1.82) is 0 Å². The van der Waals surface area contributed by atoms with Crippen LogP contribution >= 0.6 is 0 Å². The maximum atomic E-state index is 12.9. The molecule has 1 fully saturated rings. The van der Waals surface area contributed by atoms with E-state index in [1.807, 2.05) is 4.90 Å². The van der Waals surface area contributed by atoms with Crippen LogP contribution in [0.3, 0.4) is 0 Å². The molecule has 26 heavy (non-hydrogen) atoms. The summed E-state index contributed by atoms with van der Waals surface area (Å²) in [6.45, 7) is 3.26. The molecule has 5 rings (SSSR count). The Balaban J connectivity index is 1.31. The lowest BCUT2D eigenvalue weighted by Gasteiger charge is -2.32. The number of benzene rings is 1. The summed E-state index contributed by atoms with van der Waals surface area (Å²) in [6, 6.07) is 8.45. The number of amides is 1. The molecule has 1 saturated heterocycles. The van der Waals surface area contributed by atoms with Crippen LogP contribution in [0.2, 0.25) is 0 Å². The van der Waals surface area contributed by atoms with E-state index in [1.54, 1.807) is 0 Å². The number of para-hydroxylation sites is 1. The molecule has 3 aromatic rings. The number of H-pyrrole nitrogens is 2.